The fourth-order valence-corrected chi connectivity index (χ4v) is 5.39. The maximum absolute atomic E-state index is 13.2. The zero-order valence-corrected chi connectivity index (χ0v) is 17.6. The highest BCUT2D eigenvalue weighted by atomic mass is 32.2. The first-order valence-electron chi connectivity index (χ1n) is 9.23. The van der Waals surface area contributed by atoms with Crippen molar-refractivity contribution in [2.75, 3.05) is 10.5 Å². The zero-order valence-electron chi connectivity index (χ0n) is 16.0. The van der Waals surface area contributed by atoms with Gasteiger partial charge in [0.15, 0.2) is 10.9 Å². The molecule has 0 amide bonds. The van der Waals surface area contributed by atoms with E-state index in [1.807, 2.05) is 0 Å². The van der Waals surface area contributed by atoms with Gasteiger partial charge in [0.05, 0.1) is 16.6 Å². The van der Waals surface area contributed by atoms with E-state index < -0.39 is 28.0 Å². The van der Waals surface area contributed by atoms with Crippen molar-refractivity contribution in [3.05, 3.63) is 53.0 Å². The van der Waals surface area contributed by atoms with Crippen molar-refractivity contribution in [2.45, 2.75) is 25.9 Å². The van der Waals surface area contributed by atoms with Crippen molar-refractivity contribution >= 4 is 38.4 Å². The number of ketones is 1. The number of sulfonamides is 1. The van der Waals surface area contributed by atoms with Crippen LogP contribution >= 0.6 is 11.8 Å². The number of anilines is 1. The van der Waals surface area contributed by atoms with Crippen molar-refractivity contribution in [1.82, 2.24) is 0 Å². The molecule has 0 radical (unpaired) electrons. The van der Waals surface area contributed by atoms with Gasteiger partial charge in [-0.3, -0.25) is 14.3 Å². The molecule has 0 saturated heterocycles. The van der Waals surface area contributed by atoms with Crippen LogP contribution in [-0.2, 0) is 14.8 Å². The Balaban J connectivity index is 1.73. The fourth-order valence-electron chi connectivity index (χ4n) is 3.73. The van der Waals surface area contributed by atoms with Crippen LogP contribution in [0.15, 0.2) is 47.4 Å². The molecule has 0 aliphatic heterocycles. The van der Waals surface area contributed by atoms with E-state index in [9.17, 15) is 31.2 Å². The summed E-state index contributed by atoms with van der Waals surface area (Å²) in [5, 5.41) is -0.182. The quantitative estimate of drug-likeness (QED) is 0.632. The van der Waals surface area contributed by atoms with Crippen LogP contribution in [0.3, 0.4) is 0 Å². The first-order chi connectivity index (χ1) is 14.0. The highest BCUT2D eigenvalue weighted by molar-refractivity contribution is 8.14. The summed E-state index contributed by atoms with van der Waals surface area (Å²) in [6.07, 6.45) is 0.0812. The van der Waals surface area contributed by atoms with Crippen LogP contribution in [0, 0.1) is 17.8 Å². The van der Waals surface area contributed by atoms with Gasteiger partial charge in [0.1, 0.15) is 0 Å². The Morgan fingerprint density at radius 3 is 2.43 bits per heavy atom. The Kier molecular flexibility index (Phi) is 6.47. The molecule has 0 heterocycles. The molecule has 0 bridgehead atoms. The van der Waals surface area contributed by atoms with E-state index >= 15 is 0 Å². The predicted molar refractivity (Wildman–Crippen MR) is 109 cm³/mol. The van der Waals surface area contributed by atoms with Crippen molar-refractivity contribution in [2.24, 2.45) is 17.8 Å². The van der Waals surface area contributed by atoms with Gasteiger partial charge in [-0.25, -0.2) is 8.42 Å². The largest absolute Gasteiger partial charge is 0.392 e. The lowest BCUT2D eigenvalue weighted by atomic mass is 9.86. The molecule has 2 aliphatic carbocycles. The molecule has 1 aromatic rings. The number of hydrogen-bond acceptors (Lipinski definition) is 5. The second-order valence-electron chi connectivity index (χ2n) is 7.28. The van der Waals surface area contributed by atoms with Gasteiger partial charge in [-0.05, 0) is 55.0 Å². The molecule has 0 spiro atoms. The summed E-state index contributed by atoms with van der Waals surface area (Å²) in [6.45, 7) is 1.36. The standard InChI is InChI=1S/C20H20F3NO4S2/c1-12(25)29-11-19(26)14-2-6-15(7-3-14)24-30(27,28)16-8-4-13-5-9-18(17(13)10-16)20(21,22)23/h2-4,6-8,10,13,17-18,24H,5,9,11H2,1H3. The lowest BCUT2D eigenvalue weighted by Gasteiger charge is -2.25. The van der Waals surface area contributed by atoms with Crippen LogP contribution in [0.4, 0.5) is 18.9 Å². The van der Waals surface area contributed by atoms with Crippen LogP contribution in [0.2, 0.25) is 0 Å². The number of carbonyl (C=O) groups is 2. The topological polar surface area (TPSA) is 80.3 Å². The third-order valence-electron chi connectivity index (χ3n) is 5.23. The molecule has 30 heavy (non-hydrogen) atoms. The number of nitrogens with one attached hydrogen (secondary N) is 1. The maximum atomic E-state index is 13.2. The minimum absolute atomic E-state index is 0.0129. The number of halogens is 3. The number of Topliss-reactive ketones (excluding diaryl/α,β-unsaturated/α-hetero) is 1. The molecule has 0 aromatic heterocycles. The van der Waals surface area contributed by atoms with Gasteiger partial charge in [0, 0.05) is 18.2 Å². The van der Waals surface area contributed by atoms with Crippen molar-refractivity contribution in [3.8, 4) is 0 Å². The Morgan fingerprint density at radius 1 is 1.17 bits per heavy atom. The first kappa shape index (κ1) is 22.6. The average Bonchev–Trinajstić information content (AvgIpc) is 3.10. The summed E-state index contributed by atoms with van der Waals surface area (Å²) in [5.41, 5.74) is 0.506. The van der Waals surface area contributed by atoms with Crippen LogP contribution in [0.1, 0.15) is 30.1 Å². The van der Waals surface area contributed by atoms with Crippen LogP contribution in [-0.4, -0.2) is 31.2 Å². The summed E-state index contributed by atoms with van der Waals surface area (Å²) < 4.78 is 67.4. The summed E-state index contributed by atoms with van der Waals surface area (Å²) in [4.78, 5) is 22.7. The van der Waals surface area contributed by atoms with E-state index in [-0.39, 0.29) is 39.6 Å². The lowest BCUT2D eigenvalue weighted by Crippen LogP contribution is -2.29. The van der Waals surface area contributed by atoms with Gasteiger partial charge < -0.3 is 0 Å². The SMILES string of the molecule is CC(=O)SCC(=O)c1ccc(NS(=O)(=O)C2=CC3C(C=C2)CCC3C(F)(F)F)cc1. The molecule has 1 N–H and O–H groups in total. The van der Waals surface area contributed by atoms with E-state index in [2.05, 4.69) is 4.72 Å². The molecule has 162 valence electrons. The number of carbonyl (C=O) groups excluding carboxylic acids is 2. The average molecular weight is 460 g/mol. The smallest absolute Gasteiger partial charge is 0.293 e. The number of benzene rings is 1. The zero-order chi connectivity index (χ0) is 22.1. The van der Waals surface area contributed by atoms with E-state index in [0.29, 0.717) is 12.0 Å². The van der Waals surface area contributed by atoms with Gasteiger partial charge in [0.2, 0.25) is 0 Å². The predicted octanol–water partition coefficient (Wildman–Crippen LogP) is 4.55. The number of fused-ring (bicyclic) bond motifs is 1. The van der Waals surface area contributed by atoms with Crippen molar-refractivity contribution in [1.29, 1.82) is 0 Å². The molecule has 3 rings (SSSR count). The van der Waals surface area contributed by atoms with Gasteiger partial charge >= 0.3 is 6.18 Å². The van der Waals surface area contributed by atoms with Gasteiger partial charge in [-0.2, -0.15) is 13.2 Å². The minimum Gasteiger partial charge on any atom is -0.293 e. The molecule has 1 saturated carbocycles. The summed E-state index contributed by atoms with van der Waals surface area (Å²) in [6, 6.07) is 5.65. The van der Waals surface area contributed by atoms with E-state index in [1.165, 1.54) is 43.3 Å². The maximum Gasteiger partial charge on any atom is 0.392 e. The monoisotopic (exact) mass is 459 g/mol. The summed E-state index contributed by atoms with van der Waals surface area (Å²) in [7, 11) is -4.08. The molecule has 2 aliphatic rings. The van der Waals surface area contributed by atoms with Gasteiger partial charge in [0.25, 0.3) is 10.0 Å². The summed E-state index contributed by atoms with van der Waals surface area (Å²) in [5.74, 6) is -3.03. The first-order valence-corrected chi connectivity index (χ1v) is 11.7. The number of allylic oxidation sites excluding steroid dienone is 3. The second kappa shape index (κ2) is 8.58. The fraction of sp³-hybridized carbons (Fsp3) is 0.400. The number of alkyl halides is 3. The number of hydrogen-bond donors (Lipinski definition) is 1. The third kappa shape index (κ3) is 5.15. The Hall–Kier alpha value is -2.07. The Bertz CT molecular complexity index is 998. The van der Waals surface area contributed by atoms with Crippen LogP contribution in [0.5, 0.6) is 0 Å². The van der Waals surface area contributed by atoms with Crippen LogP contribution in [0.25, 0.3) is 0 Å². The van der Waals surface area contributed by atoms with Crippen molar-refractivity contribution in [3.63, 3.8) is 0 Å². The molecular weight excluding hydrogens is 439 g/mol. The van der Waals surface area contributed by atoms with E-state index in [1.54, 1.807) is 6.08 Å². The molecule has 3 atom stereocenters. The lowest BCUT2D eigenvalue weighted by molar-refractivity contribution is -0.180. The normalized spacial score (nSPS) is 23.6. The van der Waals surface area contributed by atoms with Crippen LogP contribution < -0.4 is 4.72 Å². The molecular formula is C20H20F3NO4S2. The minimum atomic E-state index is -4.37. The van der Waals surface area contributed by atoms with E-state index in [0.717, 1.165) is 11.8 Å². The Morgan fingerprint density at radius 2 is 1.83 bits per heavy atom. The molecule has 1 fully saturated rings. The second-order valence-corrected chi connectivity index (χ2v) is 10.1. The highest BCUT2D eigenvalue weighted by Gasteiger charge is 2.50. The van der Waals surface area contributed by atoms with Gasteiger partial charge in [-0.1, -0.05) is 23.9 Å². The number of rotatable bonds is 6. The third-order valence-corrected chi connectivity index (χ3v) is 7.44. The Labute approximate surface area is 176 Å². The molecule has 3 unspecified atom stereocenters. The molecule has 10 heteroatoms. The number of thioether (sulfide) groups is 1. The van der Waals surface area contributed by atoms with Crippen molar-refractivity contribution < 1.29 is 31.2 Å². The molecule has 5 nitrogen and oxygen atoms in total. The van der Waals surface area contributed by atoms with Gasteiger partial charge in [-0.15, -0.1) is 0 Å². The van der Waals surface area contributed by atoms with E-state index in [4.69, 9.17) is 0 Å². The highest BCUT2D eigenvalue weighted by Crippen LogP contribution is 2.49. The summed E-state index contributed by atoms with van der Waals surface area (Å²) >= 11 is 0.881. The molecule has 1 aromatic carbocycles.